The number of carbonyl (C=O) groups excluding carboxylic acids is 4. The molecular weight excluding hydrogens is 328 g/mol. The molecule has 0 bridgehead atoms. The monoisotopic (exact) mass is 348 g/mol. The third kappa shape index (κ3) is 4.69. The van der Waals surface area contributed by atoms with Crippen LogP contribution in [0.25, 0.3) is 0 Å². The van der Waals surface area contributed by atoms with Crippen LogP contribution in [-0.2, 0) is 14.4 Å². The van der Waals surface area contributed by atoms with E-state index in [2.05, 4.69) is 21.3 Å². The zero-order valence-electron chi connectivity index (χ0n) is 14.1. The van der Waals surface area contributed by atoms with Gasteiger partial charge in [-0.05, 0) is 25.1 Å². The number of amides is 5. The number of rotatable bonds is 5. The summed E-state index contributed by atoms with van der Waals surface area (Å²) in [5.41, 5.74) is 0.867. The van der Waals surface area contributed by atoms with Crippen LogP contribution in [0, 0.1) is 5.92 Å². The number of nitrogens with one attached hydrogen (secondary N) is 4. The first-order valence-corrected chi connectivity index (χ1v) is 7.67. The van der Waals surface area contributed by atoms with Crippen molar-refractivity contribution in [1.82, 2.24) is 10.6 Å². The molecule has 5 amide bonds. The van der Waals surface area contributed by atoms with Gasteiger partial charge in [0.15, 0.2) is 0 Å². The molecule has 0 saturated carbocycles. The van der Waals surface area contributed by atoms with Gasteiger partial charge in [0, 0.05) is 25.1 Å². The fraction of sp³-hybridized carbons (Fsp3) is 0.375. The molecule has 134 valence electrons. The highest BCUT2D eigenvalue weighted by Crippen LogP contribution is 2.28. The van der Waals surface area contributed by atoms with Gasteiger partial charge in [0.1, 0.15) is 5.75 Å². The standard InChI is InChI=1S/C16H20N4O5/c1-8-11(15(23)20-16(24)17-8)7-14(22)19-12-6-10(18-9(2)21)4-5-13(12)25-3/h4-6,8,11H,7H2,1-3H3,(H,18,21)(H,19,22)(H2,17,20,23,24). The van der Waals surface area contributed by atoms with Crippen molar-refractivity contribution in [2.45, 2.75) is 26.3 Å². The SMILES string of the molecule is COc1ccc(NC(C)=O)cc1NC(=O)CC1C(=O)NC(=O)NC1C. The lowest BCUT2D eigenvalue weighted by Crippen LogP contribution is -2.57. The molecule has 1 fully saturated rings. The number of ether oxygens (including phenoxy) is 1. The third-order valence-electron chi connectivity index (χ3n) is 3.74. The van der Waals surface area contributed by atoms with Crippen molar-refractivity contribution in [3.8, 4) is 5.75 Å². The van der Waals surface area contributed by atoms with E-state index in [0.29, 0.717) is 17.1 Å². The first kappa shape index (κ1) is 18.2. The van der Waals surface area contributed by atoms with Crippen molar-refractivity contribution in [3.63, 3.8) is 0 Å². The molecule has 1 aliphatic heterocycles. The summed E-state index contributed by atoms with van der Waals surface area (Å²) in [7, 11) is 1.45. The van der Waals surface area contributed by atoms with Crippen molar-refractivity contribution in [2.75, 3.05) is 17.7 Å². The van der Waals surface area contributed by atoms with E-state index >= 15 is 0 Å². The number of hydrogen-bond acceptors (Lipinski definition) is 5. The van der Waals surface area contributed by atoms with Gasteiger partial charge in [-0.1, -0.05) is 0 Å². The van der Waals surface area contributed by atoms with Gasteiger partial charge in [-0.25, -0.2) is 4.79 Å². The minimum atomic E-state index is -0.678. The lowest BCUT2D eigenvalue weighted by atomic mass is 9.94. The quantitative estimate of drug-likeness (QED) is 0.627. The summed E-state index contributed by atoms with van der Waals surface area (Å²) in [6.07, 6.45) is -0.110. The summed E-state index contributed by atoms with van der Waals surface area (Å²) >= 11 is 0. The Bertz CT molecular complexity index is 718. The average Bonchev–Trinajstić information content (AvgIpc) is 2.50. The highest BCUT2D eigenvalue weighted by Gasteiger charge is 2.34. The van der Waals surface area contributed by atoms with E-state index in [1.165, 1.54) is 14.0 Å². The topological polar surface area (TPSA) is 126 Å². The molecule has 9 nitrogen and oxygen atoms in total. The summed E-state index contributed by atoms with van der Waals surface area (Å²) in [6.45, 7) is 3.03. The number of methoxy groups -OCH3 is 1. The number of anilines is 2. The molecule has 0 radical (unpaired) electrons. The third-order valence-corrected chi connectivity index (χ3v) is 3.74. The number of hydrogen-bond donors (Lipinski definition) is 4. The molecule has 2 unspecified atom stereocenters. The lowest BCUT2D eigenvalue weighted by Gasteiger charge is -2.28. The Kier molecular flexibility index (Phi) is 5.58. The van der Waals surface area contributed by atoms with E-state index in [0.717, 1.165) is 0 Å². The minimum Gasteiger partial charge on any atom is -0.495 e. The van der Waals surface area contributed by atoms with E-state index in [1.807, 2.05) is 0 Å². The largest absolute Gasteiger partial charge is 0.495 e. The second kappa shape index (κ2) is 7.65. The van der Waals surface area contributed by atoms with Crippen LogP contribution in [0.2, 0.25) is 0 Å². The Balaban J connectivity index is 2.10. The van der Waals surface area contributed by atoms with Gasteiger partial charge < -0.3 is 20.7 Å². The Morgan fingerprint density at radius 2 is 1.96 bits per heavy atom. The van der Waals surface area contributed by atoms with Crippen LogP contribution >= 0.6 is 0 Å². The zero-order chi connectivity index (χ0) is 18.6. The van der Waals surface area contributed by atoms with E-state index < -0.39 is 29.8 Å². The van der Waals surface area contributed by atoms with Gasteiger partial charge in [-0.3, -0.25) is 19.7 Å². The van der Waals surface area contributed by atoms with Crippen LogP contribution in [-0.4, -0.2) is 36.9 Å². The number of benzene rings is 1. The first-order chi connectivity index (χ1) is 11.8. The second-order valence-electron chi connectivity index (χ2n) is 5.71. The van der Waals surface area contributed by atoms with Crippen LogP contribution in [0.15, 0.2) is 18.2 Å². The number of imide groups is 1. The molecule has 0 aromatic heterocycles. The molecule has 2 rings (SSSR count). The maximum absolute atomic E-state index is 12.3. The predicted octanol–water partition coefficient (Wildman–Crippen LogP) is 0.826. The summed E-state index contributed by atoms with van der Waals surface area (Å²) < 4.78 is 5.19. The van der Waals surface area contributed by atoms with Gasteiger partial charge >= 0.3 is 6.03 Å². The normalized spacial score (nSPS) is 19.5. The van der Waals surface area contributed by atoms with Crippen molar-refractivity contribution in [3.05, 3.63) is 18.2 Å². The molecular formula is C16H20N4O5. The van der Waals surface area contributed by atoms with E-state index in [-0.39, 0.29) is 12.3 Å². The van der Waals surface area contributed by atoms with Gasteiger partial charge in [0.25, 0.3) is 0 Å². The molecule has 25 heavy (non-hydrogen) atoms. The molecule has 2 atom stereocenters. The van der Waals surface area contributed by atoms with Crippen LogP contribution in [0.1, 0.15) is 20.3 Å². The van der Waals surface area contributed by atoms with Crippen molar-refractivity contribution < 1.29 is 23.9 Å². The predicted molar refractivity (Wildman–Crippen MR) is 90.2 cm³/mol. The highest BCUT2D eigenvalue weighted by atomic mass is 16.5. The van der Waals surface area contributed by atoms with Gasteiger partial charge in [-0.2, -0.15) is 0 Å². The first-order valence-electron chi connectivity index (χ1n) is 7.67. The number of carbonyl (C=O) groups is 4. The molecule has 4 N–H and O–H groups in total. The molecule has 1 aromatic carbocycles. The second-order valence-corrected chi connectivity index (χ2v) is 5.71. The van der Waals surface area contributed by atoms with Crippen molar-refractivity contribution in [2.24, 2.45) is 5.92 Å². The van der Waals surface area contributed by atoms with Crippen LogP contribution in [0.3, 0.4) is 0 Å². The molecule has 1 saturated heterocycles. The smallest absolute Gasteiger partial charge is 0.321 e. The van der Waals surface area contributed by atoms with E-state index in [1.54, 1.807) is 25.1 Å². The van der Waals surface area contributed by atoms with Crippen molar-refractivity contribution in [1.29, 1.82) is 0 Å². The lowest BCUT2D eigenvalue weighted by molar-refractivity contribution is -0.129. The summed E-state index contributed by atoms with van der Waals surface area (Å²) in [5, 5.41) is 9.98. The fourth-order valence-electron chi connectivity index (χ4n) is 2.53. The van der Waals surface area contributed by atoms with E-state index in [4.69, 9.17) is 4.74 Å². The Hall–Kier alpha value is -3.10. The van der Waals surface area contributed by atoms with Crippen LogP contribution in [0.4, 0.5) is 16.2 Å². The molecule has 1 aromatic rings. The van der Waals surface area contributed by atoms with Gasteiger partial charge in [-0.15, -0.1) is 0 Å². The minimum absolute atomic E-state index is 0.110. The molecule has 0 spiro atoms. The zero-order valence-corrected chi connectivity index (χ0v) is 14.1. The van der Waals surface area contributed by atoms with Gasteiger partial charge in [0.2, 0.25) is 17.7 Å². The van der Waals surface area contributed by atoms with Gasteiger partial charge in [0.05, 0.1) is 18.7 Å². The molecule has 9 heteroatoms. The summed E-state index contributed by atoms with van der Waals surface area (Å²) in [4.78, 5) is 46.6. The Morgan fingerprint density at radius 1 is 1.24 bits per heavy atom. The van der Waals surface area contributed by atoms with E-state index in [9.17, 15) is 19.2 Å². The molecule has 1 aliphatic rings. The van der Waals surface area contributed by atoms with Crippen molar-refractivity contribution >= 4 is 35.1 Å². The maximum Gasteiger partial charge on any atom is 0.321 e. The average molecular weight is 348 g/mol. The van der Waals surface area contributed by atoms with Crippen LogP contribution in [0.5, 0.6) is 5.75 Å². The molecule has 0 aliphatic carbocycles. The highest BCUT2D eigenvalue weighted by molar-refractivity contribution is 6.02. The Morgan fingerprint density at radius 3 is 2.56 bits per heavy atom. The fourth-order valence-corrected chi connectivity index (χ4v) is 2.53. The molecule has 1 heterocycles. The summed E-state index contributed by atoms with van der Waals surface area (Å²) in [6, 6.07) is 3.78. The maximum atomic E-state index is 12.3. The number of urea groups is 1. The summed E-state index contributed by atoms with van der Waals surface area (Å²) in [5.74, 6) is -1.42. The van der Waals surface area contributed by atoms with Crippen LogP contribution < -0.4 is 26.0 Å². The Labute approximate surface area is 144 Å².